The van der Waals surface area contributed by atoms with Gasteiger partial charge in [0.2, 0.25) is 4.45 Å². The summed E-state index contributed by atoms with van der Waals surface area (Å²) in [5.41, 5.74) is 0. The monoisotopic (exact) mass is 157 g/mol. The Hall–Kier alpha value is 0.889. The molecule has 4 heteroatoms. The summed E-state index contributed by atoms with van der Waals surface area (Å²) in [6.45, 7) is 0. The predicted molar refractivity (Wildman–Crippen MR) is 23.4 cm³/mol. The van der Waals surface area contributed by atoms with E-state index in [4.69, 9.17) is 0 Å². The molecule has 35 valence electrons. The van der Waals surface area contributed by atoms with E-state index in [1.165, 1.54) is 0 Å². The Kier molecular flexibility index (Phi) is 9.10. The van der Waals surface area contributed by atoms with Crippen LogP contribution in [0.3, 0.4) is 0 Å². The molecule has 0 N–H and O–H groups in total. The molecule has 0 spiro atoms. The fourth-order valence-electron chi connectivity index (χ4n) is 0. The van der Waals surface area contributed by atoms with Gasteiger partial charge < -0.3 is 0 Å². The molecule has 0 aliphatic heterocycles. The maximum Gasteiger partial charge on any atom is 0.239 e. The van der Waals surface area contributed by atoms with Crippen LogP contribution in [0.15, 0.2) is 0 Å². The Labute approximate surface area is 51.8 Å². The summed E-state index contributed by atoms with van der Waals surface area (Å²) in [5, 5.41) is 0. The fraction of sp³-hybridized carbons (Fsp3) is 0. The third-order valence-electron chi connectivity index (χ3n) is 0. The van der Waals surface area contributed by atoms with Crippen LogP contribution >= 0.6 is 25.3 Å². The van der Waals surface area contributed by atoms with Crippen molar-refractivity contribution in [3.05, 3.63) is 0 Å². The topological polar surface area (TPSA) is 17.1 Å². The first-order valence-electron chi connectivity index (χ1n) is 0.651. The normalized spacial score (nSPS) is 5.20. The van der Waals surface area contributed by atoms with Crippen LogP contribution in [0.1, 0.15) is 0 Å². The zero-order valence-electron chi connectivity index (χ0n) is 2.10. The first-order valence-corrected chi connectivity index (χ1v) is 1.55. The van der Waals surface area contributed by atoms with Crippen LogP contribution in [0, 0.1) is 0 Å². The number of hydrogen-bond acceptors (Lipinski definition) is 1. The van der Waals surface area contributed by atoms with E-state index in [1.54, 1.807) is 0 Å². The minimum absolute atomic E-state index is 0. The van der Waals surface area contributed by atoms with Gasteiger partial charge in [-0.1, -0.05) is 25.3 Å². The number of rotatable bonds is 0. The summed E-state index contributed by atoms with van der Waals surface area (Å²) in [7, 11) is 0. The van der Waals surface area contributed by atoms with Gasteiger partial charge in [0.1, 0.15) is 0 Å². The number of hydrogen-bond donors (Lipinski definition) is 2. The SMILES string of the molecule is O=C(S)S.[Cu]. The third-order valence-corrected chi connectivity index (χ3v) is 0. The molecule has 1 nitrogen and oxygen atoms in total. The van der Waals surface area contributed by atoms with Gasteiger partial charge in [0.25, 0.3) is 0 Å². The van der Waals surface area contributed by atoms with E-state index in [0.29, 0.717) is 0 Å². The van der Waals surface area contributed by atoms with Gasteiger partial charge in [0.05, 0.1) is 0 Å². The van der Waals surface area contributed by atoms with Gasteiger partial charge in [0, 0.05) is 17.1 Å². The molecule has 0 amide bonds. The summed E-state index contributed by atoms with van der Waals surface area (Å²) in [6.07, 6.45) is 0. The van der Waals surface area contributed by atoms with Crippen LogP contribution in [-0.4, -0.2) is 4.45 Å². The molecule has 0 atom stereocenters. The van der Waals surface area contributed by atoms with Gasteiger partial charge in [-0.2, -0.15) is 0 Å². The van der Waals surface area contributed by atoms with Crippen molar-refractivity contribution >= 4 is 29.7 Å². The van der Waals surface area contributed by atoms with Gasteiger partial charge in [-0.15, -0.1) is 0 Å². The largest absolute Gasteiger partial charge is 0.275 e. The maximum absolute atomic E-state index is 9.17. The molecule has 0 aromatic rings. The van der Waals surface area contributed by atoms with Crippen LogP contribution in [0.5, 0.6) is 0 Å². The summed E-state index contributed by atoms with van der Waals surface area (Å²) >= 11 is 6.38. The molecule has 0 bridgehead atoms. The van der Waals surface area contributed by atoms with Crippen LogP contribution in [-0.2, 0) is 17.1 Å². The Bertz CT molecular complexity index is 32.6. The third kappa shape index (κ3) is 51.6. The van der Waals surface area contributed by atoms with Crippen molar-refractivity contribution in [1.82, 2.24) is 0 Å². The summed E-state index contributed by atoms with van der Waals surface area (Å²) in [6, 6.07) is 0. The van der Waals surface area contributed by atoms with E-state index in [0.717, 1.165) is 0 Å². The first kappa shape index (κ1) is 9.31. The zero-order chi connectivity index (χ0) is 3.58. The van der Waals surface area contributed by atoms with Crippen molar-refractivity contribution < 1.29 is 21.9 Å². The number of carbonyl (C=O) groups is 1. The molecule has 0 aliphatic rings. The molecular weight excluding hydrogens is 156 g/mol. The number of thiol groups is 2. The molecule has 0 aliphatic carbocycles. The fourth-order valence-corrected chi connectivity index (χ4v) is 0. The summed E-state index contributed by atoms with van der Waals surface area (Å²) < 4.78 is -0.444. The van der Waals surface area contributed by atoms with Crippen molar-refractivity contribution in [3.63, 3.8) is 0 Å². The smallest absolute Gasteiger partial charge is 0.239 e. The van der Waals surface area contributed by atoms with E-state index in [9.17, 15) is 4.79 Å². The van der Waals surface area contributed by atoms with Crippen LogP contribution in [0.2, 0.25) is 0 Å². The molecule has 0 fully saturated rings. The molecule has 0 heterocycles. The van der Waals surface area contributed by atoms with Crippen molar-refractivity contribution in [2.75, 3.05) is 0 Å². The molecular formula is CH2CuOS2. The second kappa shape index (κ2) is 4.89. The quantitative estimate of drug-likeness (QED) is 0.396. The molecule has 0 unspecified atom stereocenters. The van der Waals surface area contributed by atoms with Crippen molar-refractivity contribution in [2.24, 2.45) is 0 Å². The Balaban J connectivity index is 0. The Morgan fingerprint density at radius 3 is 1.40 bits per heavy atom. The maximum atomic E-state index is 9.17. The molecule has 0 aromatic carbocycles. The average Bonchev–Trinajstić information content (AvgIpc) is 0.811. The van der Waals surface area contributed by atoms with Crippen molar-refractivity contribution in [1.29, 1.82) is 0 Å². The van der Waals surface area contributed by atoms with Crippen molar-refractivity contribution in [3.8, 4) is 0 Å². The van der Waals surface area contributed by atoms with Crippen LogP contribution < -0.4 is 0 Å². The Morgan fingerprint density at radius 1 is 1.40 bits per heavy atom. The van der Waals surface area contributed by atoms with Crippen LogP contribution in [0.25, 0.3) is 0 Å². The number of carbonyl (C=O) groups excluding carboxylic acids is 1. The van der Waals surface area contributed by atoms with E-state index >= 15 is 0 Å². The molecule has 1 radical (unpaired) electrons. The first-order chi connectivity index (χ1) is 1.73. The minimum atomic E-state index is -0.444. The van der Waals surface area contributed by atoms with E-state index < -0.39 is 4.45 Å². The van der Waals surface area contributed by atoms with Gasteiger partial charge in [-0.05, 0) is 0 Å². The Morgan fingerprint density at radius 2 is 1.40 bits per heavy atom. The molecule has 5 heavy (non-hydrogen) atoms. The van der Waals surface area contributed by atoms with E-state index in [-0.39, 0.29) is 17.1 Å². The average molecular weight is 158 g/mol. The molecule has 0 saturated carbocycles. The second-order valence-electron chi connectivity index (χ2n) is 0.283. The van der Waals surface area contributed by atoms with Gasteiger partial charge >= 0.3 is 0 Å². The predicted octanol–water partition coefficient (Wildman–Crippen LogP) is 0.963. The molecule has 0 rings (SSSR count). The van der Waals surface area contributed by atoms with Gasteiger partial charge in [-0.25, -0.2) is 0 Å². The molecule has 0 aromatic heterocycles. The minimum Gasteiger partial charge on any atom is -0.275 e. The summed E-state index contributed by atoms with van der Waals surface area (Å²) in [5.74, 6) is 0. The van der Waals surface area contributed by atoms with Crippen molar-refractivity contribution in [2.45, 2.75) is 0 Å². The van der Waals surface area contributed by atoms with E-state index in [1.807, 2.05) is 0 Å². The standard InChI is InChI=1S/CH2OS2.Cu/c2-1(3)4;/h(H2,2,3,4);. The van der Waals surface area contributed by atoms with Gasteiger partial charge in [-0.3, -0.25) is 4.79 Å². The zero-order valence-corrected chi connectivity index (χ0v) is 4.83. The molecule has 0 saturated heterocycles. The van der Waals surface area contributed by atoms with Crippen LogP contribution in [0.4, 0.5) is 4.79 Å². The van der Waals surface area contributed by atoms with Gasteiger partial charge in [0.15, 0.2) is 0 Å². The summed E-state index contributed by atoms with van der Waals surface area (Å²) in [4.78, 5) is 9.17. The van der Waals surface area contributed by atoms with E-state index in [2.05, 4.69) is 25.3 Å². The second-order valence-corrected chi connectivity index (χ2v) is 1.45.